The van der Waals surface area contributed by atoms with E-state index >= 15 is 0 Å². The van der Waals surface area contributed by atoms with Crippen molar-refractivity contribution >= 4 is 39.3 Å². The molecule has 0 fully saturated rings. The number of carboxylic acids is 1. The Labute approximate surface area is 199 Å². The van der Waals surface area contributed by atoms with E-state index in [1.54, 1.807) is 12.1 Å². The van der Waals surface area contributed by atoms with E-state index in [1.165, 1.54) is 0 Å². The van der Waals surface area contributed by atoms with Gasteiger partial charge in [0.2, 0.25) is 6.23 Å². The van der Waals surface area contributed by atoms with Crippen LogP contribution in [0.3, 0.4) is 0 Å². The number of amidine groups is 1. The molecule has 3 heterocycles. The zero-order valence-corrected chi connectivity index (χ0v) is 20.3. The van der Waals surface area contributed by atoms with Crippen LogP contribution in [0.25, 0.3) is 0 Å². The first kappa shape index (κ1) is 22.4. The second-order valence-corrected chi connectivity index (χ2v) is 9.13. The number of rotatable bonds is 6. The zero-order chi connectivity index (χ0) is 23.2. The van der Waals surface area contributed by atoms with Crippen LogP contribution in [0.5, 0.6) is 0 Å². The molecule has 168 valence electrons. The molecular weight excluding hydrogens is 498 g/mol. The SMILES string of the molecule is CC1=CC(NC(c2ccc(Cl)cc2)c2c(C(=O)O)nc(Br)n2C(C)C)=CN2C(C)=NOC12. The van der Waals surface area contributed by atoms with Gasteiger partial charge in [0.25, 0.3) is 0 Å². The van der Waals surface area contributed by atoms with Gasteiger partial charge in [-0.3, -0.25) is 4.90 Å². The first-order valence-corrected chi connectivity index (χ1v) is 11.3. The number of hydrogen-bond acceptors (Lipinski definition) is 6. The summed E-state index contributed by atoms with van der Waals surface area (Å²) in [4.78, 5) is 23.8. The predicted octanol–water partition coefficient (Wildman–Crippen LogP) is 5.05. The fourth-order valence-electron chi connectivity index (χ4n) is 3.91. The molecule has 2 aliphatic heterocycles. The quantitative estimate of drug-likeness (QED) is 0.554. The highest BCUT2D eigenvalue weighted by Crippen LogP contribution is 2.34. The van der Waals surface area contributed by atoms with Gasteiger partial charge in [0.05, 0.1) is 17.4 Å². The highest BCUT2D eigenvalue weighted by atomic mass is 79.9. The van der Waals surface area contributed by atoms with Crippen molar-refractivity contribution in [2.45, 2.75) is 46.0 Å². The Balaban J connectivity index is 1.85. The van der Waals surface area contributed by atoms with E-state index in [-0.39, 0.29) is 18.0 Å². The van der Waals surface area contributed by atoms with Crippen molar-refractivity contribution in [2.75, 3.05) is 0 Å². The second kappa shape index (κ2) is 8.63. The van der Waals surface area contributed by atoms with Crippen LogP contribution in [0.4, 0.5) is 0 Å². The molecule has 2 aliphatic rings. The largest absolute Gasteiger partial charge is 0.476 e. The summed E-state index contributed by atoms with van der Waals surface area (Å²) in [7, 11) is 0. The topological polar surface area (TPSA) is 92.0 Å². The minimum Gasteiger partial charge on any atom is -0.476 e. The summed E-state index contributed by atoms with van der Waals surface area (Å²) >= 11 is 9.57. The summed E-state index contributed by atoms with van der Waals surface area (Å²) in [5, 5.41) is 18.1. The summed E-state index contributed by atoms with van der Waals surface area (Å²) in [6, 6.07) is 6.80. The first-order chi connectivity index (χ1) is 15.2. The van der Waals surface area contributed by atoms with Crippen molar-refractivity contribution in [1.82, 2.24) is 19.8 Å². The van der Waals surface area contributed by atoms with Gasteiger partial charge >= 0.3 is 5.97 Å². The van der Waals surface area contributed by atoms with Gasteiger partial charge in [-0.25, -0.2) is 9.78 Å². The lowest BCUT2D eigenvalue weighted by atomic mass is 10.00. The van der Waals surface area contributed by atoms with Gasteiger partial charge in [-0.2, -0.15) is 0 Å². The molecule has 0 aliphatic carbocycles. The van der Waals surface area contributed by atoms with Crippen molar-refractivity contribution in [1.29, 1.82) is 0 Å². The van der Waals surface area contributed by atoms with Crippen molar-refractivity contribution in [3.63, 3.8) is 0 Å². The van der Waals surface area contributed by atoms with Crippen LogP contribution in [-0.4, -0.2) is 37.6 Å². The van der Waals surface area contributed by atoms with E-state index in [1.807, 2.05) is 61.6 Å². The van der Waals surface area contributed by atoms with Crippen LogP contribution >= 0.6 is 27.5 Å². The number of fused-ring (bicyclic) bond motifs is 1. The monoisotopic (exact) mass is 519 g/mol. The lowest BCUT2D eigenvalue weighted by Crippen LogP contribution is -2.36. The molecule has 1 aromatic carbocycles. The minimum absolute atomic E-state index is 0.0183. The van der Waals surface area contributed by atoms with Crippen molar-refractivity contribution in [2.24, 2.45) is 5.16 Å². The molecule has 0 radical (unpaired) electrons. The zero-order valence-electron chi connectivity index (χ0n) is 18.0. The molecule has 32 heavy (non-hydrogen) atoms. The summed E-state index contributed by atoms with van der Waals surface area (Å²) in [5.41, 5.74) is 3.14. The molecule has 10 heteroatoms. The molecule has 2 N–H and O–H groups in total. The number of imidazole rings is 1. The molecule has 0 amide bonds. The fourth-order valence-corrected chi connectivity index (χ4v) is 4.82. The van der Waals surface area contributed by atoms with Gasteiger partial charge in [-0.15, -0.1) is 0 Å². The van der Waals surface area contributed by atoms with E-state index in [4.69, 9.17) is 16.4 Å². The lowest BCUT2D eigenvalue weighted by molar-refractivity contribution is 0.0539. The molecular formula is C22H23BrClN5O3. The molecule has 0 saturated carbocycles. The van der Waals surface area contributed by atoms with Crippen LogP contribution < -0.4 is 5.32 Å². The van der Waals surface area contributed by atoms with Crippen LogP contribution in [0.15, 0.2) is 57.7 Å². The average Bonchev–Trinajstić information content (AvgIpc) is 3.27. The molecule has 4 rings (SSSR count). The Morgan fingerprint density at radius 2 is 1.97 bits per heavy atom. The maximum absolute atomic E-state index is 12.1. The fraction of sp³-hybridized carbons (Fsp3) is 0.318. The summed E-state index contributed by atoms with van der Waals surface area (Å²) in [6.07, 6.45) is 3.63. The van der Waals surface area contributed by atoms with Gasteiger partial charge in [-0.1, -0.05) is 28.9 Å². The number of halogens is 2. The van der Waals surface area contributed by atoms with Crippen LogP contribution in [-0.2, 0) is 4.84 Å². The molecule has 0 spiro atoms. The second-order valence-electron chi connectivity index (χ2n) is 7.99. The Morgan fingerprint density at radius 1 is 1.28 bits per heavy atom. The third-order valence-electron chi connectivity index (χ3n) is 5.37. The number of allylic oxidation sites excluding steroid dienone is 1. The third-order valence-corrected chi connectivity index (χ3v) is 6.18. The van der Waals surface area contributed by atoms with Crippen molar-refractivity contribution < 1.29 is 14.7 Å². The van der Waals surface area contributed by atoms with Crippen LogP contribution in [0.2, 0.25) is 5.02 Å². The Bertz CT molecular complexity index is 1150. The van der Waals surface area contributed by atoms with E-state index in [9.17, 15) is 9.90 Å². The van der Waals surface area contributed by atoms with Gasteiger partial charge in [0.15, 0.2) is 10.4 Å². The summed E-state index contributed by atoms with van der Waals surface area (Å²) < 4.78 is 2.34. The molecule has 2 unspecified atom stereocenters. The van der Waals surface area contributed by atoms with E-state index in [2.05, 4.69) is 31.4 Å². The molecule has 2 aromatic rings. The minimum atomic E-state index is -1.10. The highest BCUT2D eigenvalue weighted by Gasteiger charge is 2.34. The number of nitrogens with one attached hydrogen (secondary N) is 1. The third kappa shape index (κ3) is 4.02. The molecule has 0 saturated heterocycles. The number of nitrogens with zero attached hydrogens (tertiary/aromatic N) is 4. The number of carboxylic acid groups (broad SMARTS) is 1. The van der Waals surface area contributed by atoms with Crippen molar-refractivity contribution in [3.8, 4) is 0 Å². The Morgan fingerprint density at radius 3 is 2.59 bits per heavy atom. The number of aromatic nitrogens is 2. The first-order valence-electron chi connectivity index (χ1n) is 10.1. The molecule has 0 bridgehead atoms. The number of oxime groups is 1. The molecule has 2 atom stereocenters. The van der Waals surface area contributed by atoms with Crippen LogP contribution in [0, 0.1) is 0 Å². The Kier molecular flexibility index (Phi) is 6.05. The van der Waals surface area contributed by atoms with E-state index in [0.29, 0.717) is 15.5 Å². The molecule has 8 nitrogen and oxygen atoms in total. The van der Waals surface area contributed by atoms with Gasteiger partial charge in [0.1, 0.15) is 5.84 Å². The maximum Gasteiger partial charge on any atom is 0.356 e. The smallest absolute Gasteiger partial charge is 0.356 e. The van der Waals surface area contributed by atoms with E-state index in [0.717, 1.165) is 22.7 Å². The standard InChI is InChI=1S/C22H23BrClN5O3/c1-11(2)29-19(18(21(30)31)26-22(29)23)17(14-5-7-15(24)8-6-14)25-16-9-12(3)20-28(10-16)13(4)27-32-20/h5-11,17,20,25H,1-4H3,(H,30,31). The average molecular weight is 521 g/mol. The maximum atomic E-state index is 12.1. The normalized spacial score (nSPS) is 18.5. The van der Waals surface area contributed by atoms with E-state index < -0.39 is 12.0 Å². The van der Waals surface area contributed by atoms with Crippen LogP contribution in [0.1, 0.15) is 61.5 Å². The highest BCUT2D eigenvalue weighted by molar-refractivity contribution is 9.10. The summed E-state index contributed by atoms with van der Waals surface area (Å²) in [6.45, 7) is 7.80. The van der Waals surface area contributed by atoms with Crippen molar-refractivity contribution in [3.05, 3.63) is 74.5 Å². The number of aromatic carboxylic acids is 1. The number of benzene rings is 1. The van der Waals surface area contributed by atoms with Gasteiger partial charge in [0, 0.05) is 17.3 Å². The Hall–Kier alpha value is -2.78. The predicted molar refractivity (Wildman–Crippen MR) is 125 cm³/mol. The van der Waals surface area contributed by atoms with Gasteiger partial charge < -0.3 is 19.8 Å². The summed E-state index contributed by atoms with van der Waals surface area (Å²) in [5.74, 6) is -0.354. The molecule has 1 aromatic heterocycles. The lowest BCUT2D eigenvalue weighted by Gasteiger charge is -2.30. The number of carbonyl (C=O) groups is 1. The van der Waals surface area contributed by atoms with Gasteiger partial charge in [-0.05, 0) is 73.0 Å². The number of hydrogen-bond donors (Lipinski definition) is 2.